The lowest BCUT2D eigenvalue weighted by atomic mass is 10.0. The van der Waals surface area contributed by atoms with Crippen LogP contribution >= 0.6 is 0 Å². The normalized spacial score (nSPS) is 49.2. The van der Waals surface area contributed by atoms with Crippen LogP contribution < -0.4 is 0 Å². The molecule has 0 spiro atoms. The SMILES string of the molecule is CC1OCC(F)C(O)[C@@H]1O. The van der Waals surface area contributed by atoms with Crippen LogP contribution in [0.3, 0.4) is 0 Å². The Bertz CT molecular complexity index is 106. The summed E-state index contributed by atoms with van der Waals surface area (Å²) in [6.45, 7) is 1.47. The molecule has 3 nitrogen and oxygen atoms in total. The fraction of sp³-hybridized carbons (Fsp3) is 1.00. The lowest BCUT2D eigenvalue weighted by Gasteiger charge is -2.31. The van der Waals surface area contributed by atoms with Gasteiger partial charge in [-0.1, -0.05) is 0 Å². The second-order valence-corrected chi connectivity index (χ2v) is 2.54. The average molecular weight is 150 g/mol. The van der Waals surface area contributed by atoms with E-state index in [4.69, 9.17) is 14.9 Å². The van der Waals surface area contributed by atoms with Gasteiger partial charge in [-0.3, -0.25) is 0 Å². The Balaban J connectivity index is 2.52. The van der Waals surface area contributed by atoms with Crippen molar-refractivity contribution in [3.8, 4) is 0 Å². The van der Waals surface area contributed by atoms with E-state index in [1.807, 2.05) is 0 Å². The van der Waals surface area contributed by atoms with Crippen LogP contribution in [0.2, 0.25) is 0 Å². The van der Waals surface area contributed by atoms with E-state index in [2.05, 4.69) is 0 Å². The van der Waals surface area contributed by atoms with Crippen LogP contribution in [0, 0.1) is 0 Å². The quantitative estimate of drug-likeness (QED) is 0.488. The van der Waals surface area contributed by atoms with E-state index in [0.717, 1.165) is 0 Å². The molecule has 0 saturated carbocycles. The Morgan fingerprint density at radius 3 is 2.50 bits per heavy atom. The van der Waals surface area contributed by atoms with Gasteiger partial charge in [-0.15, -0.1) is 0 Å². The van der Waals surface area contributed by atoms with E-state index in [9.17, 15) is 4.39 Å². The fourth-order valence-electron chi connectivity index (χ4n) is 0.933. The van der Waals surface area contributed by atoms with E-state index in [1.54, 1.807) is 6.92 Å². The fourth-order valence-corrected chi connectivity index (χ4v) is 0.933. The minimum atomic E-state index is -1.45. The van der Waals surface area contributed by atoms with E-state index >= 15 is 0 Å². The van der Waals surface area contributed by atoms with Crippen molar-refractivity contribution in [3.63, 3.8) is 0 Å². The van der Waals surface area contributed by atoms with E-state index in [1.165, 1.54) is 0 Å². The third-order valence-corrected chi connectivity index (χ3v) is 1.72. The molecule has 60 valence electrons. The van der Waals surface area contributed by atoms with Crippen LogP contribution in [-0.2, 0) is 4.74 Å². The summed E-state index contributed by atoms with van der Waals surface area (Å²) in [6, 6.07) is 0. The van der Waals surface area contributed by atoms with Crippen molar-refractivity contribution in [1.29, 1.82) is 0 Å². The third-order valence-electron chi connectivity index (χ3n) is 1.72. The molecule has 0 radical (unpaired) electrons. The van der Waals surface area contributed by atoms with Crippen LogP contribution in [0.5, 0.6) is 0 Å². The van der Waals surface area contributed by atoms with Gasteiger partial charge in [0, 0.05) is 0 Å². The maximum atomic E-state index is 12.5. The molecular weight excluding hydrogens is 139 g/mol. The molecule has 3 unspecified atom stereocenters. The number of halogens is 1. The molecule has 1 saturated heterocycles. The number of ether oxygens (including phenoxy) is 1. The third kappa shape index (κ3) is 1.28. The molecule has 4 atom stereocenters. The molecule has 0 aliphatic carbocycles. The molecular formula is C6H11FO3. The van der Waals surface area contributed by atoms with Crippen molar-refractivity contribution < 1.29 is 19.3 Å². The summed E-state index contributed by atoms with van der Waals surface area (Å²) < 4.78 is 17.3. The summed E-state index contributed by atoms with van der Waals surface area (Å²) in [6.07, 6.45) is -4.30. The zero-order chi connectivity index (χ0) is 7.72. The molecule has 4 heteroatoms. The van der Waals surface area contributed by atoms with Crippen LogP contribution in [-0.4, -0.2) is 41.3 Å². The summed E-state index contributed by atoms with van der Waals surface area (Å²) in [5.74, 6) is 0. The predicted octanol–water partition coefficient (Wildman–Crippen LogP) is -0.535. The first kappa shape index (κ1) is 7.91. The molecule has 10 heavy (non-hydrogen) atoms. The zero-order valence-corrected chi connectivity index (χ0v) is 5.70. The number of aliphatic hydroxyl groups excluding tert-OH is 2. The van der Waals surface area contributed by atoms with Crippen LogP contribution in [0.25, 0.3) is 0 Å². The van der Waals surface area contributed by atoms with Gasteiger partial charge in [0.15, 0.2) is 6.17 Å². The molecule has 0 aromatic rings. The number of alkyl halides is 1. The standard InChI is InChI=1S/C6H11FO3/c1-3-5(8)6(9)4(7)2-10-3/h3-6,8-9H,2H2,1H3/t3?,4?,5-,6?/m1/s1. The molecule has 0 bridgehead atoms. The van der Waals surface area contributed by atoms with Crippen molar-refractivity contribution in [2.24, 2.45) is 0 Å². The Morgan fingerprint density at radius 1 is 1.40 bits per heavy atom. The van der Waals surface area contributed by atoms with E-state index < -0.39 is 24.5 Å². The van der Waals surface area contributed by atoms with Gasteiger partial charge in [0.2, 0.25) is 0 Å². The summed E-state index contributed by atoms with van der Waals surface area (Å²) in [4.78, 5) is 0. The largest absolute Gasteiger partial charge is 0.388 e. The molecule has 1 rings (SSSR count). The molecule has 1 fully saturated rings. The molecule has 1 aliphatic heterocycles. The second-order valence-electron chi connectivity index (χ2n) is 2.54. The van der Waals surface area contributed by atoms with Crippen molar-refractivity contribution in [2.45, 2.75) is 31.4 Å². The minimum absolute atomic E-state index is 0.126. The Kier molecular flexibility index (Phi) is 2.23. The Morgan fingerprint density at radius 2 is 2.00 bits per heavy atom. The first-order valence-corrected chi connectivity index (χ1v) is 3.24. The highest BCUT2D eigenvalue weighted by molar-refractivity contribution is 4.84. The number of hydrogen-bond donors (Lipinski definition) is 2. The van der Waals surface area contributed by atoms with Crippen LogP contribution in [0.1, 0.15) is 6.92 Å². The van der Waals surface area contributed by atoms with Crippen molar-refractivity contribution >= 4 is 0 Å². The lowest BCUT2D eigenvalue weighted by Crippen LogP contribution is -2.49. The van der Waals surface area contributed by atoms with E-state index in [-0.39, 0.29) is 6.61 Å². The van der Waals surface area contributed by atoms with E-state index in [0.29, 0.717) is 0 Å². The van der Waals surface area contributed by atoms with Crippen LogP contribution in [0.4, 0.5) is 4.39 Å². The smallest absolute Gasteiger partial charge is 0.152 e. The van der Waals surface area contributed by atoms with Gasteiger partial charge in [0.1, 0.15) is 12.2 Å². The maximum Gasteiger partial charge on any atom is 0.152 e. The first-order chi connectivity index (χ1) is 4.63. The van der Waals surface area contributed by atoms with Gasteiger partial charge in [0.25, 0.3) is 0 Å². The number of hydrogen-bond acceptors (Lipinski definition) is 3. The van der Waals surface area contributed by atoms with Crippen molar-refractivity contribution in [1.82, 2.24) is 0 Å². The highest BCUT2D eigenvalue weighted by Gasteiger charge is 2.35. The van der Waals surface area contributed by atoms with Crippen molar-refractivity contribution in [2.75, 3.05) is 6.61 Å². The number of aliphatic hydroxyl groups is 2. The average Bonchev–Trinajstić information content (AvgIpc) is 1.93. The Hall–Kier alpha value is -0.190. The minimum Gasteiger partial charge on any atom is -0.388 e. The highest BCUT2D eigenvalue weighted by atomic mass is 19.1. The summed E-state index contributed by atoms with van der Waals surface area (Å²) in [5, 5.41) is 17.9. The monoisotopic (exact) mass is 150 g/mol. The second kappa shape index (κ2) is 2.82. The van der Waals surface area contributed by atoms with Gasteiger partial charge >= 0.3 is 0 Å². The summed E-state index contributed by atoms with van der Waals surface area (Å²) >= 11 is 0. The Labute approximate surface area is 58.4 Å². The molecule has 1 aliphatic rings. The maximum absolute atomic E-state index is 12.5. The molecule has 0 aromatic heterocycles. The van der Waals surface area contributed by atoms with Gasteiger partial charge in [-0.25, -0.2) is 4.39 Å². The van der Waals surface area contributed by atoms with Gasteiger partial charge in [-0.2, -0.15) is 0 Å². The molecule has 0 aromatic carbocycles. The first-order valence-electron chi connectivity index (χ1n) is 3.24. The van der Waals surface area contributed by atoms with Crippen LogP contribution in [0.15, 0.2) is 0 Å². The van der Waals surface area contributed by atoms with Gasteiger partial charge in [0.05, 0.1) is 12.7 Å². The molecule has 2 N–H and O–H groups in total. The van der Waals surface area contributed by atoms with Gasteiger partial charge in [-0.05, 0) is 6.92 Å². The topological polar surface area (TPSA) is 49.7 Å². The zero-order valence-electron chi connectivity index (χ0n) is 5.70. The highest BCUT2D eigenvalue weighted by Crippen LogP contribution is 2.16. The predicted molar refractivity (Wildman–Crippen MR) is 32.3 cm³/mol. The van der Waals surface area contributed by atoms with Gasteiger partial charge < -0.3 is 14.9 Å². The molecule has 0 amide bonds. The molecule has 1 heterocycles. The number of rotatable bonds is 0. The lowest BCUT2D eigenvalue weighted by molar-refractivity contribution is -0.162. The van der Waals surface area contributed by atoms with Crippen molar-refractivity contribution in [3.05, 3.63) is 0 Å². The summed E-state index contributed by atoms with van der Waals surface area (Å²) in [5.41, 5.74) is 0. The summed E-state index contributed by atoms with van der Waals surface area (Å²) in [7, 11) is 0.